The van der Waals surface area contributed by atoms with E-state index in [0.29, 0.717) is 38.1 Å². The number of thiazole rings is 1. The molecule has 1 aliphatic rings. The monoisotopic (exact) mass is 340 g/mol. The average Bonchev–Trinajstić information content (AvgIpc) is 3.05. The number of hydrogen-bond acceptors (Lipinski definition) is 5. The fourth-order valence-electron chi connectivity index (χ4n) is 2.72. The molecule has 1 aliphatic heterocycles. The largest absolute Gasteiger partial charge is 0.382 e. The molecule has 0 spiro atoms. The first-order valence-corrected chi connectivity index (χ1v) is 9.29. The smallest absolute Gasteiger partial charge is 0.224 e. The van der Waals surface area contributed by atoms with Gasteiger partial charge in [0.2, 0.25) is 5.91 Å². The second-order valence-electron chi connectivity index (χ2n) is 6.30. The fourth-order valence-corrected chi connectivity index (χ4v) is 3.83. The van der Waals surface area contributed by atoms with Gasteiger partial charge in [0.1, 0.15) is 0 Å². The van der Waals surface area contributed by atoms with Crippen molar-refractivity contribution in [2.75, 3.05) is 40.0 Å². The second kappa shape index (κ2) is 9.35. The molecule has 0 radical (unpaired) electrons. The van der Waals surface area contributed by atoms with Gasteiger partial charge in [0, 0.05) is 31.5 Å². The molecule has 6 heteroatoms. The van der Waals surface area contributed by atoms with Crippen molar-refractivity contribution in [2.45, 2.75) is 44.9 Å². The Hall–Kier alpha value is -0.980. The summed E-state index contributed by atoms with van der Waals surface area (Å²) < 4.78 is 10.3. The van der Waals surface area contributed by atoms with Gasteiger partial charge in [-0.25, -0.2) is 4.98 Å². The number of carbonyl (C=O) groups is 1. The Bertz CT molecular complexity index is 490. The molecule has 1 saturated heterocycles. The molecular weight excluding hydrogens is 312 g/mol. The number of amides is 1. The average molecular weight is 340 g/mol. The molecule has 1 fully saturated rings. The predicted octanol–water partition coefficient (Wildman–Crippen LogP) is 3.03. The second-order valence-corrected chi connectivity index (χ2v) is 7.19. The molecule has 1 atom stereocenters. The standard InChI is InChI=1S/C17H28N2O3S/c1-13(2)15-12-23-17(18-15)14-5-4-7-19(11-14)16(20)6-8-22-10-9-21-3/h12-14H,4-11H2,1-3H3/t14-/m1/s1. The summed E-state index contributed by atoms with van der Waals surface area (Å²) in [6.07, 6.45) is 2.63. The zero-order valence-electron chi connectivity index (χ0n) is 14.4. The zero-order valence-corrected chi connectivity index (χ0v) is 15.2. The van der Waals surface area contributed by atoms with Gasteiger partial charge in [0.25, 0.3) is 0 Å². The SMILES string of the molecule is COCCOCCC(=O)N1CCC[C@@H](c2nc(C(C)C)cs2)C1. The van der Waals surface area contributed by atoms with E-state index in [9.17, 15) is 4.79 Å². The van der Waals surface area contributed by atoms with Crippen molar-refractivity contribution in [1.82, 2.24) is 9.88 Å². The molecular formula is C17H28N2O3S. The number of piperidine rings is 1. The van der Waals surface area contributed by atoms with Crippen molar-refractivity contribution >= 4 is 17.2 Å². The number of aromatic nitrogens is 1. The van der Waals surface area contributed by atoms with Crippen molar-refractivity contribution < 1.29 is 14.3 Å². The molecule has 0 aliphatic carbocycles. The Labute approximate surface area is 143 Å². The minimum absolute atomic E-state index is 0.188. The van der Waals surface area contributed by atoms with Crippen molar-refractivity contribution in [3.8, 4) is 0 Å². The van der Waals surface area contributed by atoms with Crippen LogP contribution in [0.4, 0.5) is 0 Å². The lowest BCUT2D eigenvalue weighted by atomic mass is 9.98. The first-order valence-electron chi connectivity index (χ1n) is 8.41. The number of methoxy groups -OCH3 is 1. The molecule has 0 bridgehead atoms. The molecule has 130 valence electrons. The third kappa shape index (κ3) is 5.55. The van der Waals surface area contributed by atoms with Crippen molar-refractivity contribution in [3.63, 3.8) is 0 Å². The molecule has 23 heavy (non-hydrogen) atoms. The topological polar surface area (TPSA) is 51.7 Å². The minimum Gasteiger partial charge on any atom is -0.382 e. The van der Waals surface area contributed by atoms with Gasteiger partial charge in [-0.1, -0.05) is 13.8 Å². The summed E-state index contributed by atoms with van der Waals surface area (Å²) in [5.74, 6) is 1.04. The van der Waals surface area contributed by atoms with E-state index in [-0.39, 0.29) is 5.91 Å². The number of likely N-dealkylation sites (tertiary alicyclic amines) is 1. The molecule has 2 heterocycles. The number of nitrogens with zero attached hydrogens (tertiary/aromatic N) is 2. The number of hydrogen-bond donors (Lipinski definition) is 0. The fraction of sp³-hybridized carbons (Fsp3) is 0.765. The maximum Gasteiger partial charge on any atom is 0.224 e. The van der Waals surface area contributed by atoms with E-state index in [0.717, 1.165) is 25.9 Å². The van der Waals surface area contributed by atoms with Crippen LogP contribution in [0.25, 0.3) is 0 Å². The van der Waals surface area contributed by atoms with Gasteiger partial charge in [-0.05, 0) is 18.8 Å². The van der Waals surface area contributed by atoms with E-state index in [1.165, 1.54) is 10.7 Å². The van der Waals surface area contributed by atoms with Crippen LogP contribution in [0.15, 0.2) is 5.38 Å². The van der Waals surface area contributed by atoms with Crippen LogP contribution in [0.5, 0.6) is 0 Å². The molecule has 0 aromatic carbocycles. The van der Waals surface area contributed by atoms with Gasteiger partial charge in [-0.15, -0.1) is 11.3 Å². The number of rotatable bonds is 8. The van der Waals surface area contributed by atoms with Crippen LogP contribution in [0.2, 0.25) is 0 Å². The molecule has 0 saturated carbocycles. The van der Waals surface area contributed by atoms with Gasteiger partial charge in [0.15, 0.2) is 0 Å². The van der Waals surface area contributed by atoms with E-state index in [1.807, 2.05) is 4.90 Å². The summed E-state index contributed by atoms with van der Waals surface area (Å²) in [6, 6.07) is 0. The van der Waals surface area contributed by atoms with Gasteiger partial charge < -0.3 is 14.4 Å². The first-order chi connectivity index (χ1) is 11.1. The summed E-state index contributed by atoms with van der Waals surface area (Å²) in [4.78, 5) is 19.1. The van der Waals surface area contributed by atoms with Gasteiger partial charge in [-0.3, -0.25) is 4.79 Å². The van der Waals surface area contributed by atoms with E-state index in [1.54, 1.807) is 18.4 Å². The summed E-state index contributed by atoms with van der Waals surface area (Å²) in [5, 5.41) is 3.34. The molecule has 0 N–H and O–H groups in total. The quantitative estimate of drug-likeness (QED) is 0.683. The molecule has 5 nitrogen and oxygen atoms in total. The highest BCUT2D eigenvalue weighted by Gasteiger charge is 2.26. The Morgan fingerprint density at radius 2 is 2.26 bits per heavy atom. The Kier molecular flexibility index (Phi) is 7.46. The summed E-state index contributed by atoms with van der Waals surface area (Å²) in [6.45, 7) is 7.57. The molecule has 0 unspecified atom stereocenters. The van der Waals surface area contributed by atoms with E-state index < -0.39 is 0 Å². The maximum atomic E-state index is 12.3. The highest BCUT2D eigenvalue weighted by Crippen LogP contribution is 2.31. The lowest BCUT2D eigenvalue weighted by molar-refractivity contribution is -0.133. The van der Waals surface area contributed by atoms with E-state index in [4.69, 9.17) is 14.5 Å². The first kappa shape index (κ1) is 18.4. The van der Waals surface area contributed by atoms with Crippen LogP contribution in [-0.2, 0) is 14.3 Å². The molecule has 1 amide bonds. The minimum atomic E-state index is 0.188. The van der Waals surface area contributed by atoms with Crippen molar-refractivity contribution in [2.24, 2.45) is 0 Å². The zero-order chi connectivity index (χ0) is 16.7. The van der Waals surface area contributed by atoms with Crippen LogP contribution in [0.3, 0.4) is 0 Å². The van der Waals surface area contributed by atoms with Crippen LogP contribution in [0, 0.1) is 0 Å². The van der Waals surface area contributed by atoms with Crippen LogP contribution in [0.1, 0.15) is 55.6 Å². The third-order valence-corrected chi connectivity index (χ3v) is 5.17. The summed E-state index contributed by atoms with van der Waals surface area (Å²) in [7, 11) is 1.64. The summed E-state index contributed by atoms with van der Waals surface area (Å²) >= 11 is 1.74. The van der Waals surface area contributed by atoms with Gasteiger partial charge >= 0.3 is 0 Å². The van der Waals surface area contributed by atoms with E-state index >= 15 is 0 Å². The molecule has 2 rings (SSSR count). The lowest BCUT2D eigenvalue weighted by Crippen LogP contribution is -2.39. The predicted molar refractivity (Wildman–Crippen MR) is 92.1 cm³/mol. The Morgan fingerprint density at radius 3 is 2.96 bits per heavy atom. The summed E-state index contributed by atoms with van der Waals surface area (Å²) in [5.41, 5.74) is 1.17. The van der Waals surface area contributed by atoms with Gasteiger partial charge in [0.05, 0.1) is 36.9 Å². The van der Waals surface area contributed by atoms with Crippen LogP contribution < -0.4 is 0 Å². The number of ether oxygens (including phenoxy) is 2. The number of carbonyl (C=O) groups excluding carboxylic acids is 1. The van der Waals surface area contributed by atoms with Crippen molar-refractivity contribution in [3.05, 3.63) is 16.1 Å². The van der Waals surface area contributed by atoms with Crippen molar-refractivity contribution in [1.29, 1.82) is 0 Å². The normalized spacial score (nSPS) is 18.6. The maximum absolute atomic E-state index is 12.3. The van der Waals surface area contributed by atoms with Crippen LogP contribution in [-0.4, -0.2) is 55.8 Å². The molecule has 1 aromatic rings. The molecule has 1 aromatic heterocycles. The van der Waals surface area contributed by atoms with Crippen LogP contribution >= 0.6 is 11.3 Å². The van der Waals surface area contributed by atoms with Gasteiger partial charge in [-0.2, -0.15) is 0 Å². The third-order valence-electron chi connectivity index (χ3n) is 4.15. The Balaban J connectivity index is 1.81. The highest BCUT2D eigenvalue weighted by molar-refractivity contribution is 7.09. The van der Waals surface area contributed by atoms with E-state index in [2.05, 4.69) is 19.2 Å². The Morgan fingerprint density at radius 1 is 1.43 bits per heavy atom. The highest BCUT2D eigenvalue weighted by atomic mass is 32.1. The lowest BCUT2D eigenvalue weighted by Gasteiger charge is -2.32.